The van der Waals surface area contributed by atoms with Gasteiger partial charge in [-0.3, -0.25) is 10.1 Å². The fraction of sp³-hybridized carbons (Fsp3) is 0.261. The maximum Gasteiger partial charge on any atom is 0.241 e. The number of hydrogen-bond acceptors (Lipinski definition) is 4. The maximum absolute atomic E-state index is 12.7. The molecule has 3 rings (SSSR count). The molecule has 0 aromatic heterocycles. The Bertz CT molecular complexity index is 943. The van der Waals surface area contributed by atoms with Crippen LogP contribution < -0.4 is 20.1 Å². The lowest BCUT2D eigenvalue weighted by molar-refractivity contribution is -0.117. The van der Waals surface area contributed by atoms with Gasteiger partial charge in [-0.25, -0.2) is 0 Å². The Hall–Kier alpha value is -3.05. The molecule has 2 atom stereocenters. The van der Waals surface area contributed by atoms with Crippen molar-refractivity contribution in [3.63, 3.8) is 0 Å². The first-order valence-corrected chi connectivity index (χ1v) is 9.29. The standard InChI is InChI=1S/C23H26N2O3/c1-15(21-11-7-9-17-8-5-6-10-22(17)21)24-16(2)23(26)25-18-12-19(27-3)14-20(13-18)28-4/h5-16,24H,1-4H3,(H,25,26)/t15-,16+/m0/s1. The Morgan fingerprint density at radius 3 is 2.21 bits per heavy atom. The van der Waals surface area contributed by atoms with Crippen molar-refractivity contribution in [1.29, 1.82) is 0 Å². The van der Waals surface area contributed by atoms with E-state index in [2.05, 4.69) is 41.8 Å². The van der Waals surface area contributed by atoms with E-state index in [0.29, 0.717) is 17.2 Å². The second-order valence-electron chi connectivity index (χ2n) is 6.77. The fourth-order valence-electron chi connectivity index (χ4n) is 3.30. The van der Waals surface area contributed by atoms with E-state index in [0.717, 1.165) is 0 Å². The summed E-state index contributed by atoms with van der Waals surface area (Å²) < 4.78 is 10.5. The van der Waals surface area contributed by atoms with Crippen LogP contribution in [0.2, 0.25) is 0 Å². The number of benzene rings is 3. The third-order valence-electron chi connectivity index (χ3n) is 4.80. The van der Waals surface area contributed by atoms with Crippen LogP contribution in [0.1, 0.15) is 25.5 Å². The zero-order chi connectivity index (χ0) is 20.1. The van der Waals surface area contributed by atoms with Gasteiger partial charge in [0, 0.05) is 29.9 Å². The van der Waals surface area contributed by atoms with E-state index in [4.69, 9.17) is 9.47 Å². The third kappa shape index (κ3) is 4.43. The molecule has 0 bridgehead atoms. The highest BCUT2D eigenvalue weighted by Crippen LogP contribution is 2.27. The van der Waals surface area contributed by atoms with Crippen LogP contribution in [0.3, 0.4) is 0 Å². The van der Waals surface area contributed by atoms with Crippen LogP contribution in [-0.2, 0) is 4.79 Å². The summed E-state index contributed by atoms with van der Waals surface area (Å²) in [4.78, 5) is 12.7. The lowest BCUT2D eigenvalue weighted by Crippen LogP contribution is -2.39. The molecule has 0 heterocycles. The van der Waals surface area contributed by atoms with Gasteiger partial charge >= 0.3 is 0 Å². The largest absolute Gasteiger partial charge is 0.497 e. The van der Waals surface area contributed by atoms with Gasteiger partial charge in [0.1, 0.15) is 11.5 Å². The quantitative estimate of drug-likeness (QED) is 0.634. The van der Waals surface area contributed by atoms with E-state index < -0.39 is 0 Å². The summed E-state index contributed by atoms with van der Waals surface area (Å²) in [5, 5.41) is 8.69. The first kappa shape index (κ1) is 19.7. The first-order chi connectivity index (χ1) is 13.5. The summed E-state index contributed by atoms with van der Waals surface area (Å²) in [6.07, 6.45) is 0. The van der Waals surface area contributed by atoms with Crippen LogP contribution in [0.4, 0.5) is 5.69 Å². The minimum Gasteiger partial charge on any atom is -0.497 e. The van der Waals surface area contributed by atoms with Gasteiger partial charge in [-0.05, 0) is 30.2 Å². The Balaban J connectivity index is 1.72. The van der Waals surface area contributed by atoms with Crippen LogP contribution in [-0.4, -0.2) is 26.2 Å². The van der Waals surface area contributed by atoms with E-state index in [1.807, 2.05) is 25.1 Å². The molecule has 3 aromatic rings. The topological polar surface area (TPSA) is 59.6 Å². The van der Waals surface area contributed by atoms with Gasteiger partial charge in [-0.1, -0.05) is 42.5 Å². The molecular weight excluding hydrogens is 352 g/mol. The highest BCUT2D eigenvalue weighted by molar-refractivity contribution is 5.95. The monoisotopic (exact) mass is 378 g/mol. The molecule has 0 fully saturated rings. The number of hydrogen-bond donors (Lipinski definition) is 2. The molecule has 5 nitrogen and oxygen atoms in total. The molecular formula is C23H26N2O3. The molecule has 3 aromatic carbocycles. The molecule has 0 saturated heterocycles. The number of nitrogens with one attached hydrogen (secondary N) is 2. The summed E-state index contributed by atoms with van der Waals surface area (Å²) in [5.74, 6) is 1.13. The highest BCUT2D eigenvalue weighted by Gasteiger charge is 2.18. The van der Waals surface area contributed by atoms with E-state index >= 15 is 0 Å². The number of carbonyl (C=O) groups is 1. The van der Waals surface area contributed by atoms with Crippen molar-refractivity contribution in [3.05, 3.63) is 66.2 Å². The SMILES string of the molecule is COc1cc(NC(=O)[C@@H](C)N[C@@H](C)c2cccc3ccccc23)cc(OC)c1. The van der Waals surface area contributed by atoms with Crippen LogP contribution in [0.25, 0.3) is 10.8 Å². The summed E-state index contributed by atoms with van der Waals surface area (Å²) in [6.45, 7) is 3.93. The Kier molecular flexibility index (Phi) is 6.16. The van der Waals surface area contributed by atoms with Gasteiger partial charge in [-0.15, -0.1) is 0 Å². The molecule has 0 aliphatic rings. The smallest absolute Gasteiger partial charge is 0.241 e. The average molecular weight is 378 g/mol. The van der Waals surface area contributed by atoms with Crippen molar-refractivity contribution >= 4 is 22.4 Å². The molecule has 0 aliphatic heterocycles. The van der Waals surface area contributed by atoms with Crippen LogP contribution >= 0.6 is 0 Å². The molecule has 0 spiro atoms. The fourth-order valence-corrected chi connectivity index (χ4v) is 3.30. The number of ether oxygens (including phenoxy) is 2. The normalized spacial score (nSPS) is 13.0. The molecule has 0 unspecified atom stereocenters. The lowest BCUT2D eigenvalue weighted by atomic mass is 9.99. The number of methoxy groups -OCH3 is 2. The molecule has 5 heteroatoms. The number of amides is 1. The Morgan fingerprint density at radius 1 is 0.893 bits per heavy atom. The Morgan fingerprint density at radius 2 is 1.54 bits per heavy atom. The minimum absolute atomic E-state index is 0.0201. The molecule has 0 aliphatic carbocycles. The van der Waals surface area contributed by atoms with Gasteiger partial charge in [0.25, 0.3) is 0 Å². The van der Waals surface area contributed by atoms with Gasteiger partial charge in [0.05, 0.1) is 20.3 Å². The van der Waals surface area contributed by atoms with E-state index in [-0.39, 0.29) is 18.0 Å². The van der Waals surface area contributed by atoms with E-state index in [1.165, 1.54) is 16.3 Å². The van der Waals surface area contributed by atoms with Crippen molar-refractivity contribution in [2.45, 2.75) is 25.9 Å². The zero-order valence-electron chi connectivity index (χ0n) is 16.7. The van der Waals surface area contributed by atoms with Crippen molar-refractivity contribution < 1.29 is 14.3 Å². The van der Waals surface area contributed by atoms with Gasteiger partial charge in [0.2, 0.25) is 5.91 Å². The van der Waals surface area contributed by atoms with Crippen LogP contribution in [0, 0.1) is 0 Å². The predicted molar refractivity (Wildman–Crippen MR) is 113 cm³/mol. The summed E-state index contributed by atoms with van der Waals surface area (Å²) >= 11 is 0. The zero-order valence-corrected chi connectivity index (χ0v) is 16.7. The minimum atomic E-state index is -0.383. The van der Waals surface area contributed by atoms with Gasteiger partial charge in [0.15, 0.2) is 0 Å². The predicted octanol–water partition coefficient (Wildman–Crippen LogP) is 4.53. The second kappa shape index (κ2) is 8.76. The number of anilines is 1. The summed E-state index contributed by atoms with van der Waals surface area (Å²) in [5.41, 5.74) is 1.80. The molecule has 28 heavy (non-hydrogen) atoms. The van der Waals surface area contributed by atoms with Crippen LogP contribution in [0.15, 0.2) is 60.7 Å². The summed E-state index contributed by atoms with van der Waals surface area (Å²) in [7, 11) is 3.16. The van der Waals surface area contributed by atoms with E-state index in [9.17, 15) is 4.79 Å². The van der Waals surface area contributed by atoms with E-state index in [1.54, 1.807) is 32.4 Å². The summed E-state index contributed by atoms with van der Waals surface area (Å²) in [6, 6.07) is 19.4. The van der Waals surface area contributed by atoms with Gasteiger partial charge < -0.3 is 14.8 Å². The van der Waals surface area contributed by atoms with Crippen molar-refractivity contribution in [2.24, 2.45) is 0 Å². The lowest BCUT2D eigenvalue weighted by Gasteiger charge is -2.21. The second-order valence-corrected chi connectivity index (χ2v) is 6.77. The Labute approximate surface area is 165 Å². The molecule has 1 amide bonds. The molecule has 2 N–H and O–H groups in total. The average Bonchev–Trinajstić information content (AvgIpc) is 2.72. The molecule has 146 valence electrons. The van der Waals surface area contributed by atoms with Gasteiger partial charge in [-0.2, -0.15) is 0 Å². The van der Waals surface area contributed by atoms with Crippen molar-refractivity contribution in [2.75, 3.05) is 19.5 Å². The maximum atomic E-state index is 12.7. The first-order valence-electron chi connectivity index (χ1n) is 9.29. The van der Waals surface area contributed by atoms with Crippen molar-refractivity contribution in [1.82, 2.24) is 5.32 Å². The number of fused-ring (bicyclic) bond motifs is 1. The number of carbonyl (C=O) groups excluding carboxylic acids is 1. The van der Waals surface area contributed by atoms with Crippen molar-refractivity contribution in [3.8, 4) is 11.5 Å². The molecule has 0 saturated carbocycles. The number of rotatable bonds is 7. The molecule has 0 radical (unpaired) electrons. The van der Waals surface area contributed by atoms with Crippen LogP contribution in [0.5, 0.6) is 11.5 Å². The third-order valence-corrected chi connectivity index (χ3v) is 4.80. The highest BCUT2D eigenvalue weighted by atomic mass is 16.5.